The van der Waals surface area contributed by atoms with E-state index in [1.807, 2.05) is 6.07 Å². The third-order valence-corrected chi connectivity index (χ3v) is 13.6. The van der Waals surface area contributed by atoms with Crippen LogP contribution in [0.25, 0.3) is 105 Å². The second kappa shape index (κ2) is 16.9. The Morgan fingerprint density at radius 3 is 1.42 bits per heavy atom. The number of hydrogen-bond acceptors (Lipinski definition) is 2. The van der Waals surface area contributed by atoms with Crippen LogP contribution < -0.4 is 4.90 Å². The maximum absolute atomic E-state index is 6.62. The molecular formula is C66H44N2O. The SMILES string of the molecule is c1ccc(-c2ccc(-c3ccc(N(c4ccc(-c5ccccc5)cc4)c4ccccc4-c4cccc(-c5cccc6c5c5ccccc5n6-c5cccc6c5oc5ccccc56)c4)cc3)cc2)cc1. The number of nitrogens with zero attached hydrogens (tertiary/aromatic N) is 2. The molecule has 13 rings (SSSR count). The van der Waals surface area contributed by atoms with Gasteiger partial charge in [-0.3, -0.25) is 0 Å². The van der Waals surface area contributed by atoms with Gasteiger partial charge in [-0.05, 0) is 111 Å². The average molecular weight is 881 g/mol. The van der Waals surface area contributed by atoms with Gasteiger partial charge in [-0.2, -0.15) is 0 Å². The summed E-state index contributed by atoms with van der Waals surface area (Å²) in [5.74, 6) is 0. The Balaban J connectivity index is 0.924. The molecule has 0 bridgehead atoms. The van der Waals surface area contributed by atoms with Crippen LogP contribution in [0.2, 0.25) is 0 Å². The van der Waals surface area contributed by atoms with Crippen molar-refractivity contribution in [1.29, 1.82) is 0 Å². The van der Waals surface area contributed by atoms with E-state index in [-0.39, 0.29) is 0 Å². The van der Waals surface area contributed by atoms with Crippen molar-refractivity contribution in [3.8, 4) is 61.3 Å². The first-order valence-corrected chi connectivity index (χ1v) is 23.6. The lowest BCUT2D eigenvalue weighted by Gasteiger charge is -2.28. The number of para-hydroxylation sites is 4. The topological polar surface area (TPSA) is 21.3 Å². The monoisotopic (exact) mass is 880 g/mol. The molecule has 0 atom stereocenters. The highest BCUT2D eigenvalue weighted by Gasteiger charge is 2.22. The van der Waals surface area contributed by atoms with Crippen molar-refractivity contribution in [2.45, 2.75) is 0 Å². The number of hydrogen-bond donors (Lipinski definition) is 0. The molecule has 11 aromatic carbocycles. The summed E-state index contributed by atoms with van der Waals surface area (Å²) in [4.78, 5) is 2.39. The fraction of sp³-hybridized carbons (Fsp3) is 0. The molecular weight excluding hydrogens is 837 g/mol. The van der Waals surface area contributed by atoms with Gasteiger partial charge < -0.3 is 13.9 Å². The average Bonchev–Trinajstić information content (AvgIpc) is 3.98. The van der Waals surface area contributed by atoms with Gasteiger partial charge in [0.25, 0.3) is 0 Å². The first kappa shape index (κ1) is 40.1. The quantitative estimate of drug-likeness (QED) is 0.144. The minimum absolute atomic E-state index is 0.886. The van der Waals surface area contributed by atoms with Crippen molar-refractivity contribution in [1.82, 2.24) is 4.57 Å². The molecule has 0 radical (unpaired) electrons. The van der Waals surface area contributed by atoms with Crippen molar-refractivity contribution < 1.29 is 4.42 Å². The Labute approximate surface area is 401 Å². The van der Waals surface area contributed by atoms with Gasteiger partial charge in [0.2, 0.25) is 0 Å². The van der Waals surface area contributed by atoms with Gasteiger partial charge in [-0.1, -0.05) is 206 Å². The predicted octanol–water partition coefficient (Wildman–Crippen LogP) is 18.5. The van der Waals surface area contributed by atoms with E-state index in [0.717, 1.165) is 72.4 Å². The normalized spacial score (nSPS) is 11.5. The first-order chi connectivity index (χ1) is 34.2. The molecule has 0 saturated heterocycles. The lowest BCUT2D eigenvalue weighted by Crippen LogP contribution is -2.11. The molecule has 13 aromatic rings. The Bertz CT molecular complexity index is 3980. The number of aromatic nitrogens is 1. The predicted molar refractivity (Wildman–Crippen MR) is 290 cm³/mol. The van der Waals surface area contributed by atoms with Crippen molar-refractivity contribution in [2.24, 2.45) is 0 Å². The van der Waals surface area contributed by atoms with Gasteiger partial charge in [0.05, 0.1) is 22.4 Å². The zero-order valence-electron chi connectivity index (χ0n) is 37.7. The van der Waals surface area contributed by atoms with E-state index in [1.165, 1.54) is 49.7 Å². The molecule has 0 N–H and O–H groups in total. The van der Waals surface area contributed by atoms with E-state index in [4.69, 9.17) is 4.42 Å². The molecule has 0 unspecified atom stereocenters. The van der Waals surface area contributed by atoms with Crippen LogP contribution in [0.15, 0.2) is 271 Å². The maximum Gasteiger partial charge on any atom is 0.159 e. The molecule has 0 aliphatic heterocycles. The second-order valence-electron chi connectivity index (χ2n) is 17.6. The van der Waals surface area contributed by atoms with E-state index in [2.05, 4.69) is 270 Å². The lowest BCUT2D eigenvalue weighted by atomic mass is 9.94. The van der Waals surface area contributed by atoms with E-state index < -0.39 is 0 Å². The minimum Gasteiger partial charge on any atom is -0.454 e. The van der Waals surface area contributed by atoms with E-state index in [1.54, 1.807) is 0 Å². The van der Waals surface area contributed by atoms with Crippen molar-refractivity contribution in [2.75, 3.05) is 4.90 Å². The van der Waals surface area contributed by atoms with Gasteiger partial charge in [-0.25, -0.2) is 0 Å². The highest BCUT2D eigenvalue weighted by atomic mass is 16.3. The molecule has 324 valence electrons. The zero-order chi connectivity index (χ0) is 45.7. The molecule has 0 aliphatic rings. The van der Waals surface area contributed by atoms with E-state index in [9.17, 15) is 0 Å². The summed E-state index contributed by atoms with van der Waals surface area (Å²) in [6.45, 7) is 0. The number of rotatable bonds is 9. The van der Waals surface area contributed by atoms with Crippen LogP contribution >= 0.6 is 0 Å². The summed E-state index contributed by atoms with van der Waals surface area (Å²) in [5, 5.41) is 4.64. The highest BCUT2D eigenvalue weighted by Crippen LogP contribution is 2.45. The molecule has 0 amide bonds. The number of anilines is 3. The molecule has 0 saturated carbocycles. The van der Waals surface area contributed by atoms with Crippen LogP contribution in [0.1, 0.15) is 0 Å². The summed E-state index contributed by atoms with van der Waals surface area (Å²) >= 11 is 0. The number of furan rings is 1. The van der Waals surface area contributed by atoms with Crippen LogP contribution in [0.3, 0.4) is 0 Å². The summed E-state index contributed by atoms with van der Waals surface area (Å²) in [7, 11) is 0. The minimum atomic E-state index is 0.886. The Morgan fingerprint density at radius 2 is 0.754 bits per heavy atom. The third kappa shape index (κ3) is 7.08. The fourth-order valence-corrected chi connectivity index (χ4v) is 10.3. The van der Waals surface area contributed by atoms with E-state index >= 15 is 0 Å². The van der Waals surface area contributed by atoms with Gasteiger partial charge in [0, 0.05) is 38.5 Å². The second-order valence-corrected chi connectivity index (χ2v) is 17.6. The lowest BCUT2D eigenvalue weighted by molar-refractivity contribution is 0.666. The molecule has 0 aliphatic carbocycles. The van der Waals surface area contributed by atoms with Crippen LogP contribution in [-0.2, 0) is 0 Å². The maximum atomic E-state index is 6.62. The highest BCUT2D eigenvalue weighted by molar-refractivity contribution is 6.17. The molecule has 2 heterocycles. The fourth-order valence-electron chi connectivity index (χ4n) is 10.3. The van der Waals surface area contributed by atoms with Crippen molar-refractivity contribution in [3.05, 3.63) is 267 Å². The number of benzene rings is 11. The molecule has 3 nitrogen and oxygen atoms in total. The Kier molecular flexibility index (Phi) is 9.84. The standard InChI is InChI=1S/C66H44N2O/c1-3-16-45(17-4-1)47-32-34-48(35-33-47)50-38-42-54(43-39-50)67(53-40-36-49(37-41-53)46-18-5-2-6-19-46)60-27-10-7-22-55(60)51-20-13-21-52(44-51)56-25-14-29-62-65(56)59-24-8-11-28-61(59)68(62)63-30-15-26-58-57-23-9-12-31-64(57)69-66(58)63/h1-44H. The summed E-state index contributed by atoms with van der Waals surface area (Å²) in [5.41, 5.74) is 20.1. The van der Waals surface area contributed by atoms with Crippen LogP contribution in [0.4, 0.5) is 17.1 Å². The molecule has 69 heavy (non-hydrogen) atoms. The molecule has 2 aromatic heterocycles. The smallest absolute Gasteiger partial charge is 0.159 e. The van der Waals surface area contributed by atoms with Crippen LogP contribution in [0, 0.1) is 0 Å². The van der Waals surface area contributed by atoms with Gasteiger partial charge in [0.15, 0.2) is 5.58 Å². The third-order valence-electron chi connectivity index (χ3n) is 13.6. The van der Waals surface area contributed by atoms with Gasteiger partial charge >= 0.3 is 0 Å². The first-order valence-electron chi connectivity index (χ1n) is 23.6. The molecule has 0 fully saturated rings. The zero-order valence-corrected chi connectivity index (χ0v) is 37.7. The van der Waals surface area contributed by atoms with Crippen LogP contribution in [0.5, 0.6) is 0 Å². The van der Waals surface area contributed by atoms with E-state index in [0.29, 0.717) is 0 Å². The molecule has 3 heteroatoms. The Morgan fingerprint density at radius 1 is 0.304 bits per heavy atom. The molecule has 0 spiro atoms. The van der Waals surface area contributed by atoms with Crippen molar-refractivity contribution >= 4 is 60.8 Å². The summed E-state index contributed by atoms with van der Waals surface area (Å²) < 4.78 is 9.00. The van der Waals surface area contributed by atoms with Crippen LogP contribution in [-0.4, -0.2) is 4.57 Å². The van der Waals surface area contributed by atoms with Gasteiger partial charge in [0.1, 0.15) is 5.58 Å². The summed E-state index contributed by atoms with van der Waals surface area (Å²) in [6, 6.07) is 96.0. The van der Waals surface area contributed by atoms with Gasteiger partial charge in [-0.15, -0.1) is 0 Å². The largest absolute Gasteiger partial charge is 0.454 e. The Hall–Kier alpha value is -9.18. The summed E-state index contributed by atoms with van der Waals surface area (Å²) in [6.07, 6.45) is 0. The number of fused-ring (bicyclic) bond motifs is 6. The van der Waals surface area contributed by atoms with Crippen molar-refractivity contribution in [3.63, 3.8) is 0 Å².